The van der Waals surface area contributed by atoms with E-state index < -0.39 is 16.5 Å². The molecule has 5 heteroatoms. The van der Waals surface area contributed by atoms with Crippen molar-refractivity contribution in [3.63, 3.8) is 0 Å². The minimum absolute atomic E-state index is 0.342. The van der Waals surface area contributed by atoms with E-state index in [1.54, 1.807) is 6.08 Å². The number of hydrogen-bond acceptors (Lipinski definition) is 3. The van der Waals surface area contributed by atoms with Gasteiger partial charge in [-0.25, -0.2) is 0 Å². The largest absolute Gasteiger partial charge is 0.368 e. The van der Waals surface area contributed by atoms with Crippen LogP contribution in [0.25, 0.3) is 0 Å². The van der Waals surface area contributed by atoms with Crippen molar-refractivity contribution in [3.05, 3.63) is 12.7 Å². The van der Waals surface area contributed by atoms with Crippen LogP contribution in [0, 0.1) is 0 Å². The lowest BCUT2D eigenvalue weighted by Crippen LogP contribution is -2.49. The number of nitrogens with two attached hydrogens (primary N) is 1. The molecule has 0 aromatic rings. The predicted octanol–water partition coefficient (Wildman–Crippen LogP) is 0.800. The van der Waals surface area contributed by atoms with Crippen LogP contribution < -0.4 is 5.73 Å². The Morgan fingerprint density at radius 1 is 1.69 bits per heavy atom. The highest BCUT2D eigenvalue weighted by Gasteiger charge is 2.41. The zero-order valence-corrected chi connectivity index (χ0v) is 9.33. The standard InChI is InChI=1S/C8H14BrNO3/c1-4-5-8(9,6(10)11)7(12-2)13-3/h4,7H,1,5H2,2-3H3,(H2,10,11). The lowest BCUT2D eigenvalue weighted by molar-refractivity contribution is -0.146. The summed E-state index contributed by atoms with van der Waals surface area (Å²) in [6, 6.07) is 0. The lowest BCUT2D eigenvalue weighted by atomic mass is 10.0. The molecule has 1 amide bonds. The zero-order valence-electron chi connectivity index (χ0n) is 7.75. The lowest BCUT2D eigenvalue weighted by Gasteiger charge is -2.29. The number of amides is 1. The van der Waals surface area contributed by atoms with Gasteiger partial charge in [0.05, 0.1) is 0 Å². The van der Waals surface area contributed by atoms with Gasteiger partial charge in [-0.2, -0.15) is 0 Å². The number of hydrogen-bond donors (Lipinski definition) is 1. The Kier molecular flexibility index (Phi) is 5.20. The molecule has 13 heavy (non-hydrogen) atoms. The van der Waals surface area contributed by atoms with Crippen LogP contribution in [0.2, 0.25) is 0 Å². The molecule has 2 N–H and O–H groups in total. The maximum atomic E-state index is 11.1. The van der Waals surface area contributed by atoms with Gasteiger partial charge in [-0.1, -0.05) is 22.0 Å². The van der Waals surface area contributed by atoms with Gasteiger partial charge in [0.25, 0.3) is 0 Å². The summed E-state index contributed by atoms with van der Waals surface area (Å²) in [5.41, 5.74) is 5.22. The summed E-state index contributed by atoms with van der Waals surface area (Å²) < 4.78 is 8.88. The Bertz CT molecular complexity index is 194. The molecule has 76 valence electrons. The first kappa shape index (κ1) is 12.6. The number of carbonyl (C=O) groups is 1. The van der Waals surface area contributed by atoms with Crippen LogP contribution >= 0.6 is 15.9 Å². The van der Waals surface area contributed by atoms with Gasteiger partial charge in [0.2, 0.25) is 5.91 Å². The highest BCUT2D eigenvalue weighted by atomic mass is 79.9. The molecule has 0 aliphatic heterocycles. The molecular formula is C8H14BrNO3. The summed E-state index contributed by atoms with van der Waals surface area (Å²) in [7, 11) is 2.88. The Balaban J connectivity index is 4.73. The van der Waals surface area contributed by atoms with Gasteiger partial charge in [0.15, 0.2) is 10.6 Å². The Morgan fingerprint density at radius 2 is 2.15 bits per heavy atom. The second-order valence-electron chi connectivity index (χ2n) is 2.52. The molecule has 0 spiro atoms. The monoisotopic (exact) mass is 251 g/mol. The van der Waals surface area contributed by atoms with Gasteiger partial charge in [-0.15, -0.1) is 6.58 Å². The summed E-state index contributed by atoms with van der Waals surface area (Å²) in [6.45, 7) is 3.53. The van der Waals surface area contributed by atoms with Gasteiger partial charge in [0, 0.05) is 14.2 Å². The van der Waals surface area contributed by atoms with Crippen molar-refractivity contribution >= 4 is 21.8 Å². The van der Waals surface area contributed by atoms with Crippen LogP contribution in [0.4, 0.5) is 0 Å². The second kappa shape index (κ2) is 5.36. The molecule has 1 unspecified atom stereocenters. The van der Waals surface area contributed by atoms with Crippen LogP contribution in [-0.2, 0) is 14.3 Å². The van der Waals surface area contributed by atoms with Crippen molar-refractivity contribution in [1.29, 1.82) is 0 Å². The highest BCUT2D eigenvalue weighted by Crippen LogP contribution is 2.29. The van der Waals surface area contributed by atoms with Crippen LogP contribution in [-0.4, -0.2) is 30.7 Å². The first-order valence-electron chi connectivity index (χ1n) is 3.68. The number of carbonyl (C=O) groups excluding carboxylic acids is 1. The van der Waals surface area contributed by atoms with Crippen LogP contribution in [0.15, 0.2) is 12.7 Å². The average molecular weight is 252 g/mol. The predicted molar refractivity (Wildman–Crippen MR) is 53.5 cm³/mol. The Morgan fingerprint density at radius 3 is 2.38 bits per heavy atom. The van der Waals surface area contributed by atoms with Crippen molar-refractivity contribution in [2.45, 2.75) is 17.0 Å². The minimum atomic E-state index is -1.04. The molecule has 0 rings (SSSR count). The molecule has 0 radical (unpaired) electrons. The van der Waals surface area contributed by atoms with E-state index in [0.29, 0.717) is 6.42 Å². The highest BCUT2D eigenvalue weighted by molar-refractivity contribution is 9.10. The molecule has 0 saturated carbocycles. The Labute approximate surface area is 86.2 Å². The molecular weight excluding hydrogens is 238 g/mol. The van der Waals surface area contributed by atoms with E-state index in [2.05, 4.69) is 22.5 Å². The molecule has 0 aromatic carbocycles. The summed E-state index contributed by atoms with van der Waals surface area (Å²) in [6.07, 6.45) is 1.20. The summed E-state index contributed by atoms with van der Waals surface area (Å²) in [5.74, 6) is -0.541. The molecule has 4 nitrogen and oxygen atoms in total. The van der Waals surface area contributed by atoms with Gasteiger partial charge in [0.1, 0.15) is 0 Å². The fraction of sp³-hybridized carbons (Fsp3) is 0.625. The topological polar surface area (TPSA) is 61.6 Å². The molecule has 0 aliphatic carbocycles. The summed E-state index contributed by atoms with van der Waals surface area (Å²) >= 11 is 3.20. The van der Waals surface area contributed by atoms with Crippen LogP contribution in [0.3, 0.4) is 0 Å². The van der Waals surface area contributed by atoms with Crippen LogP contribution in [0.5, 0.6) is 0 Å². The number of methoxy groups -OCH3 is 2. The van der Waals surface area contributed by atoms with Gasteiger partial charge in [-0.3, -0.25) is 4.79 Å². The van der Waals surface area contributed by atoms with E-state index in [4.69, 9.17) is 15.2 Å². The van der Waals surface area contributed by atoms with E-state index in [9.17, 15) is 4.79 Å². The third kappa shape index (κ3) is 2.79. The molecule has 0 saturated heterocycles. The third-order valence-electron chi connectivity index (χ3n) is 1.65. The first-order chi connectivity index (χ1) is 6.02. The van der Waals surface area contributed by atoms with Gasteiger partial charge < -0.3 is 15.2 Å². The molecule has 0 bridgehead atoms. The molecule has 0 fully saturated rings. The second-order valence-corrected chi connectivity index (χ2v) is 3.94. The van der Waals surface area contributed by atoms with E-state index in [1.165, 1.54) is 14.2 Å². The van der Waals surface area contributed by atoms with Crippen molar-refractivity contribution in [3.8, 4) is 0 Å². The molecule has 0 heterocycles. The number of ether oxygens (including phenoxy) is 2. The molecule has 0 aliphatic rings. The first-order valence-corrected chi connectivity index (χ1v) is 4.47. The zero-order chi connectivity index (χ0) is 10.5. The van der Waals surface area contributed by atoms with Gasteiger partial charge >= 0.3 is 0 Å². The summed E-state index contributed by atoms with van der Waals surface area (Å²) in [4.78, 5) is 11.1. The van der Waals surface area contributed by atoms with Crippen molar-refractivity contribution in [2.75, 3.05) is 14.2 Å². The maximum absolute atomic E-state index is 11.1. The minimum Gasteiger partial charge on any atom is -0.368 e. The van der Waals surface area contributed by atoms with Crippen molar-refractivity contribution in [2.24, 2.45) is 5.73 Å². The number of halogens is 1. The van der Waals surface area contributed by atoms with Crippen molar-refractivity contribution < 1.29 is 14.3 Å². The number of alkyl halides is 1. The van der Waals surface area contributed by atoms with E-state index in [-0.39, 0.29) is 0 Å². The van der Waals surface area contributed by atoms with E-state index in [1.807, 2.05) is 0 Å². The number of primary amides is 1. The average Bonchev–Trinajstić information content (AvgIpc) is 2.06. The summed E-state index contributed by atoms with van der Waals surface area (Å²) in [5, 5.41) is 0. The van der Waals surface area contributed by atoms with E-state index in [0.717, 1.165) is 0 Å². The fourth-order valence-electron chi connectivity index (χ4n) is 0.993. The molecule has 1 atom stereocenters. The smallest absolute Gasteiger partial charge is 0.239 e. The molecule has 0 aromatic heterocycles. The Hall–Kier alpha value is -0.390. The third-order valence-corrected chi connectivity index (χ3v) is 2.74. The van der Waals surface area contributed by atoms with Crippen molar-refractivity contribution in [1.82, 2.24) is 0 Å². The van der Waals surface area contributed by atoms with E-state index >= 15 is 0 Å². The SMILES string of the molecule is C=CCC(Br)(C(N)=O)C(OC)OC. The van der Waals surface area contributed by atoms with Gasteiger partial charge in [-0.05, 0) is 6.42 Å². The quantitative estimate of drug-likeness (QED) is 0.432. The number of allylic oxidation sites excluding steroid dienone is 1. The fourth-order valence-corrected chi connectivity index (χ4v) is 1.60. The number of rotatable bonds is 6. The maximum Gasteiger partial charge on any atom is 0.239 e. The van der Waals surface area contributed by atoms with Crippen LogP contribution in [0.1, 0.15) is 6.42 Å². The normalized spacial score (nSPS) is 15.4.